The van der Waals surface area contributed by atoms with E-state index in [1.165, 1.54) is 7.11 Å². The number of hydrogen-bond acceptors (Lipinski definition) is 7. The first-order chi connectivity index (χ1) is 13.7. The molecule has 1 aliphatic heterocycles. The lowest BCUT2D eigenvalue weighted by Gasteiger charge is -2.27. The van der Waals surface area contributed by atoms with Crippen LogP contribution in [0.2, 0.25) is 0 Å². The molecule has 1 aliphatic rings. The number of carbonyl (C=O) groups excluding carboxylic acids is 1. The van der Waals surface area contributed by atoms with E-state index in [0.29, 0.717) is 17.4 Å². The first-order valence-corrected chi connectivity index (χ1v) is 8.92. The topological polar surface area (TPSA) is 149 Å². The fraction of sp³-hybridized carbons (Fsp3) is 0.350. The number of H-pyrrole nitrogens is 1. The molecule has 29 heavy (non-hydrogen) atoms. The molecule has 0 saturated carbocycles. The SMILES string of the molecule is COc1cc(C2C(C#N)=C(N)Oc3n[nH]c(C(C)(C)C)c32)ccc1OCC(N)=O. The van der Waals surface area contributed by atoms with Gasteiger partial charge in [0.05, 0.1) is 18.6 Å². The largest absolute Gasteiger partial charge is 0.493 e. The highest BCUT2D eigenvalue weighted by molar-refractivity contribution is 5.75. The number of carbonyl (C=O) groups is 1. The van der Waals surface area contributed by atoms with Crippen molar-refractivity contribution in [1.82, 2.24) is 10.2 Å². The van der Waals surface area contributed by atoms with Gasteiger partial charge in [-0.25, -0.2) is 0 Å². The molecule has 1 aromatic carbocycles. The summed E-state index contributed by atoms with van der Waals surface area (Å²) in [6.07, 6.45) is 0. The van der Waals surface area contributed by atoms with Crippen LogP contribution in [0.4, 0.5) is 0 Å². The minimum Gasteiger partial charge on any atom is -0.493 e. The number of benzene rings is 1. The van der Waals surface area contributed by atoms with E-state index in [0.717, 1.165) is 16.8 Å². The molecule has 1 unspecified atom stereocenters. The zero-order valence-corrected chi connectivity index (χ0v) is 16.7. The van der Waals surface area contributed by atoms with E-state index in [2.05, 4.69) is 16.3 Å². The van der Waals surface area contributed by atoms with Crippen LogP contribution in [-0.4, -0.2) is 29.8 Å². The molecule has 0 radical (unpaired) electrons. The van der Waals surface area contributed by atoms with Crippen molar-refractivity contribution in [1.29, 1.82) is 5.26 Å². The summed E-state index contributed by atoms with van der Waals surface area (Å²) in [5.74, 6) is 0.000575. The molecule has 3 rings (SSSR count). The Hall–Kier alpha value is -3.67. The fourth-order valence-corrected chi connectivity index (χ4v) is 3.28. The first kappa shape index (κ1) is 20.1. The van der Waals surface area contributed by atoms with E-state index in [1.54, 1.807) is 18.2 Å². The van der Waals surface area contributed by atoms with Crippen LogP contribution in [-0.2, 0) is 10.2 Å². The average molecular weight is 397 g/mol. The third-order valence-corrected chi connectivity index (χ3v) is 4.58. The highest BCUT2D eigenvalue weighted by Gasteiger charge is 2.38. The number of aromatic nitrogens is 2. The predicted octanol–water partition coefficient (Wildman–Crippen LogP) is 1.80. The highest BCUT2D eigenvalue weighted by Crippen LogP contribution is 2.46. The lowest BCUT2D eigenvalue weighted by atomic mass is 9.79. The molecule has 0 spiro atoms. The van der Waals surface area contributed by atoms with Crippen molar-refractivity contribution in [2.24, 2.45) is 11.5 Å². The zero-order chi connectivity index (χ0) is 21.3. The van der Waals surface area contributed by atoms with Gasteiger partial charge in [-0.2, -0.15) is 5.26 Å². The second-order valence-electron chi connectivity index (χ2n) is 7.66. The molecule has 1 atom stereocenters. The molecule has 2 aromatic rings. The van der Waals surface area contributed by atoms with Crippen LogP contribution in [0, 0.1) is 11.3 Å². The van der Waals surface area contributed by atoms with Crippen LogP contribution in [0.5, 0.6) is 17.4 Å². The van der Waals surface area contributed by atoms with Crippen molar-refractivity contribution in [3.8, 4) is 23.4 Å². The Morgan fingerprint density at radius 2 is 2.10 bits per heavy atom. The van der Waals surface area contributed by atoms with Gasteiger partial charge in [-0.15, -0.1) is 5.10 Å². The number of ether oxygens (including phenoxy) is 3. The van der Waals surface area contributed by atoms with E-state index < -0.39 is 11.8 Å². The van der Waals surface area contributed by atoms with E-state index >= 15 is 0 Å². The number of amides is 1. The monoisotopic (exact) mass is 397 g/mol. The maximum absolute atomic E-state index is 11.0. The number of primary amides is 1. The number of methoxy groups -OCH3 is 1. The standard InChI is InChI=1S/C20H23N5O4/c1-20(2,3)17-16-15(11(8-21)18(23)29-19(16)25-24-17)10-5-6-12(13(7-10)27-4)28-9-14(22)26/h5-7,15H,9,23H2,1-4H3,(H2,22,26)(H,24,25). The van der Waals surface area contributed by atoms with Gasteiger partial charge in [0.25, 0.3) is 5.91 Å². The van der Waals surface area contributed by atoms with Gasteiger partial charge in [0.2, 0.25) is 11.8 Å². The van der Waals surface area contributed by atoms with Crippen LogP contribution < -0.4 is 25.7 Å². The Bertz CT molecular complexity index is 1030. The zero-order valence-electron chi connectivity index (χ0n) is 16.7. The molecule has 0 bridgehead atoms. The van der Waals surface area contributed by atoms with E-state index in [9.17, 15) is 10.1 Å². The Balaban J connectivity index is 2.15. The Morgan fingerprint density at radius 3 is 2.69 bits per heavy atom. The summed E-state index contributed by atoms with van der Waals surface area (Å²) < 4.78 is 16.4. The fourth-order valence-electron chi connectivity index (χ4n) is 3.28. The molecule has 0 saturated heterocycles. The van der Waals surface area contributed by atoms with Gasteiger partial charge in [-0.1, -0.05) is 26.8 Å². The van der Waals surface area contributed by atoms with Gasteiger partial charge >= 0.3 is 0 Å². The third kappa shape index (κ3) is 3.69. The second kappa shape index (κ2) is 7.39. The molecule has 0 aliphatic carbocycles. The van der Waals surface area contributed by atoms with Crippen molar-refractivity contribution < 1.29 is 19.0 Å². The van der Waals surface area contributed by atoms with E-state index in [-0.39, 0.29) is 23.5 Å². The number of hydrogen-bond donors (Lipinski definition) is 3. The highest BCUT2D eigenvalue weighted by atomic mass is 16.5. The smallest absolute Gasteiger partial charge is 0.255 e. The van der Waals surface area contributed by atoms with Gasteiger partial charge in [0.1, 0.15) is 11.6 Å². The maximum Gasteiger partial charge on any atom is 0.255 e. The van der Waals surface area contributed by atoms with Gasteiger partial charge in [-0.3, -0.25) is 9.89 Å². The minimum atomic E-state index is -0.596. The summed E-state index contributed by atoms with van der Waals surface area (Å²) in [6.45, 7) is 5.83. The summed E-state index contributed by atoms with van der Waals surface area (Å²) >= 11 is 0. The van der Waals surface area contributed by atoms with Crippen LogP contribution in [0.15, 0.2) is 29.7 Å². The number of nitrogens with zero attached hydrogens (tertiary/aromatic N) is 2. The van der Waals surface area contributed by atoms with E-state index in [1.807, 2.05) is 20.8 Å². The molecular weight excluding hydrogens is 374 g/mol. The van der Waals surface area contributed by atoms with Gasteiger partial charge in [0, 0.05) is 11.1 Å². The Kier molecular flexibility index (Phi) is 5.12. The number of rotatable bonds is 5. The van der Waals surface area contributed by atoms with Crippen molar-refractivity contribution in [3.05, 3.63) is 46.5 Å². The van der Waals surface area contributed by atoms with Crippen molar-refractivity contribution in [2.45, 2.75) is 32.1 Å². The Labute approximate surface area is 168 Å². The number of fused-ring (bicyclic) bond motifs is 1. The molecular formula is C20H23N5O4. The number of nitrogens with one attached hydrogen (secondary N) is 1. The van der Waals surface area contributed by atoms with Crippen LogP contribution in [0.1, 0.15) is 43.5 Å². The summed E-state index contributed by atoms with van der Waals surface area (Å²) in [7, 11) is 1.49. The summed E-state index contributed by atoms with van der Waals surface area (Å²) in [6, 6.07) is 7.34. The summed E-state index contributed by atoms with van der Waals surface area (Å²) in [4.78, 5) is 11.0. The summed E-state index contributed by atoms with van der Waals surface area (Å²) in [5, 5.41) is 17.0. The first-order valence-electron chi connectivity index (χ1n) is 8.92. The lowest BCUT2D eigenvalue weighted by molar-refractivity contribution is -0.119. The van der Waals surface area contributed by atoms with Crippen LogP contribution in [0.25, 0.3) is 0 Å². The lowest BCUT2D eigenvalue weighted by Crippen LogP contribution is -2.24. The summed E-state index contributed by atoms with van der Waals surface area (Å²) in [5.41, 5.74) is 13.5. The predicted molar refractivity (Wildman–Crippen MR) is 104 cm³/mol. The van der Waals surface area contributed by atoms with Gasteiger partial charge < -0.3 is 25.7 Å². The quantitative estimate of drug-likeness (QED) is 0.696. The second-order valence-corrected chi connectivity index (χ2v) is 7.66. The maximum atomic E-state index is 11.0. The van der Waals surface area contributed by atoms with Crippen molar-refractivity contribution in [3.63, 3.8) is 0 Å². The molecule has 9 heteroatoms. The number of nitrogens with two attached hydrogens (primary N) is 2. The average Bonchev–Trinajstić information content (AvgIpc) is 3.08. The molecule has 5 N–H and O–H groups in total. The minimum absolute atomic E-state index is 0.00461. The molecule has 2 heterocycles. The van der Waals surface area contributed by atoms with Crippen LogP contribution in [0.3, 0.4) is 0 Å². The molecule has 1 aromatic heterocycles. The molecule has 0 fully saturated rings. The number of allylic oxidation sites excluding steroid dienone is 1. The van der Waals surface area contributed by atoms with Gasteiger partial charge in [-0.05, 0) is 17.7 Å². The number of aromatic amines is 1. The van der Waals surface area contributed by atoms with Crippen LogP contribution >= 0.6 is 0 Å². The van der Waals surface area contributed by atoms with Crippen molar-refractivity contribution >= 4 is 5.91 Å². The normalized spacial score (nSPS) is 15.9. The molecule has 152 valence electrons. The van der Waals surface area contributed by atoms with Gasteiger partial charge in [0.15, 0.2) is 18.1 Å². The molecule has 9 nitrogen and oxygen atoms in total. The van der Waals surface area contributed by atoms with E-state index in [4.69, 9.17) is 25.7 Å². The third-order valence-electron chi connectivity index (χ3n) is 4.58. The molecule has 1 amide bonds. The number of nitriles is 1. The van der Waals surface area contributed by atoms with Crippen molar-refractivity contribution in [2.75, 3.05) is 13.7 Å². The Morgan fingerprint density at radius 1 is 1.38 bits per heavy atom.